The van der Waals surface area contributed by atoms with Gasteiger partial charge in [0, 0.05) is 29.3 Å². The maximum Gasteiger partial charge on any atom is 0.271 e. The van der Waals surface area contributed by atoms with Gasteiger partial charge in [-0.25, -0.2) is 0 Å². The summed E-state index contributed by atoms with van der Waals surface area (Å²) in [6.45, 7) is 2.45. The molecular weight excluding hydrogens is 338 g/mol. The number of non-ortho nitro benzene ring substituents is 1. The van der Waals surface area contributed by atoms with Crippen LogP contribution in [0.25, 0.3) is 0 Å². The van der Waals surface area contributed by atoms with E-state index in [2.05, 4.69) is 17.4 Å². The van der Waals surface area contributed by atoms with E-state index in [1.807, 2.05) is 37.3 Å². The van der Waals surface area contributed by atoms with Gasteiger partial charge >= 0.3 is 0 Å². The molecule has 0 aliphatic rings. The lowest BCUT2D eigenvalue weighted by atomic mass is 10.2. The fourth-order valence-corrected chi connectivity index (χ4v) is 2.71. The van der Waals surface area contributed by atoms with Crippen LogP contribution in [-0.2, 0) is 11.3 Å². The summed E-state index contributed by atoms with van der Waals surface area (Å²) in [4.78, 5) is 25.9. The highest BCUT2D eigenvalue weighted by molar-refractivity contribution is 7.98. The van der Waals surface area contributed by atoms with Crippen LogP contribution in [0.1, 0.15) is 12.5 Å². The lowest BCUT2D eigenvalue weighted by Crippen LogP contribution is -2.39. The molecule has 0 heterocycles. The molecule has 132 valence electrons. The number of hydrogen-bond donors (Lipinski definition) is 1. The maximum atomic E-state index is 12.4. The lowest BCUT2D eigenvalue weighted by molar-refractivity contribution is -0.384. The summed E-state index contributed by atoms with van der Waals surface area (Å²) in [5.74, 6) is -0.205. The number of nitro groups is 1. The summed E-state index contributed by atoms with van der Waals surface area (Å²) >= 11 is 1.69. The molecule has 1 N–H and O–H groups in total. The first-order valence-corrected chi connectivity index (χ1v) is 9.01. The van der Waals surface area contributed by atoms with Gasteiger partial charge in [-0.05, 0) is 44.0 Å². The van der Waals surface area contributed by atoms with Crippen LogP contribution in [-0.4, -0.2) is 35.1 Å². The number of thioether (sulfide) groups is 1. The van der Waals surface area contributed by atoms with E-state index in [1.165, 1.54) is 17.0 Å². The Kier molecular flexibility index (Phi) is 6.55. The summed E-state index contributed by atoms with van der Waals surface area (Å²) in [5, 5.41) is 13.5. The Morgan fingerprint density at radius 1 is 1.28 bits per heavy atom. The zero-order valence-electron chi connectivity index (χ0n) is 14.4. The minimum atomic E-state index is -0.483. The second-order valence-electron chi connectivity index (χ2n) is 5.74. The average Bonchev–Trinajstić information content (AvgIpc) is 2.61. The molecule has 0 aliphatic heterocycles. The van der Waals surface area contributed by atoms with E-state index < -0.39 is 4.92 Å². The number of anilines is 1. The van der Waals surface area contributed by atoms with Crippen LogP contribution in [0.3, 0.4) is 0 Å². The minimum Gasteiger partial charge on any atom is -0.324 e. The van der Waals surface area contributed by atoms with Crippen LogP contribution in [0.15, 0.2) is 53.4 Å². The van der Waals surface area contributed by atoms with Crippen molar-refractivity contribution in [2.45, 2.75) is 24.4 Å². The third-order valence-corrected chi connectivity index (χ3v) is 4.70. The van der Waals surface area contributed by atoms with Crippen molar-refractivity contribution >= 4 is 29.0 Å². The Balaban J connectivity index is 1.98. The molecule has 2 rings (SSSR count). The number of carbonyl (C=O) groups is 1. The summed E-state index contributed by atoms with van der Waals surface area (Å²) in [7, 11) is 1.88. The Bertz CT molecular complexity index is 749. The van der Waals surface area contributed by atoms with Crippen LogP contribution in [0.5, 0.6) is 0 Å². The zero-order valence-corrected chi connectivity index (χ0v) is 15.2. The van der Waals surface area contributed by atoms with Gasteiger partial charge in [0.25, 0.3) is 5.69 Å². The summed E-state index contributed by atoms with van der Waals surface area (Å²) in [6.07, 6.45) is 2.03. The van der Waals surface area contributed by atoms with Crippen molar-refractivity contribution in [1.29, 1.82) is 0 Å². The minimum absolute atomic E-state index is 0.0484. The number of nitro benzene ring substituents is 1. The predicted molar refractivity (Wildman–Crippen MR) is 101 cm³/mol. The molecule has 0 saturated heterocycles. The first kappa shape index (κ1) is 19.0. The molecule has 2 aromatic carbocycles. The molecule has 7 heteroatoms. The quantitative estimate of drug-likeness (QED) is 0.463. The van der Waals surface area contributed by atoms with Crippen molar-refractivity contribution in [3.63, 3.8) is 0 Å². The van der Waals surface area contributed by atoms with Crippen molar-refractivity contribution in [3.05, 3.63) is 64.2 Å². The van der Waals surface area contributed by atoms with Gasteiger partial charge in [0.2, 0.25) is 5.91 Å². The molecule has 1 atom stereocenters. The fraction of sp³-hybridized carbons (Fsp3) is 0.278. The number of rotatable bonds is 7. The number of nitrogens with zero attached hydrogens (tertiary/aromatic N) is 2. The number of carbonyl (C=O) groups excluding carboxylic acids is 1. The Hall–Kier alpha value is -2.38. The van der Waals surface area contributed by atoms with Crippen LogP contribution >= 0.6 is 11.8 Å². The Morgan fingerprint density at radius 3 is 2.56 bits per heavy atom. The van der Waals surface area contributed by atoms with Gasteiger partial charge in [-0.1, -0.05) is 18.2 Å². The first-order chi connectivity index (χ1) is 11.9. The highest BCUT2D eigenvalue weighted by Crippen LogP contribution is 2.18. The molecule has 1 unspecified atom stereocenters. The largest absolute Gasteiger partial charge is 0.324 e. The van der Waals surface area contributed by atoms with Crippen LogP contribution in [0, 0.1) is 10.1 Å². The average molecular weight is 359 g/mol. The van der Waals surface area contributed by atoms with E-state index in [1.54, 1.807) is 23.9 Å². The van der Waals surface area contributed by atoms with Crippen molar-refractivity contribution < 1.29 is 9.72 Å². The van der Waals surface area contributed by atoms with Crippen LogP contribution in [0.4, 0.5) is 11.4 Å². The fourth-order valence-electron chi connectivity index (χ4n) is 2.30. The third-order valence-electron chi connectivity index (χ3n) is 3.96. The summed E-state index contributed by atoms with van der Waals surface area (Å²) in [6, 6.07) is 13.8. The van der Waals surface area contributed by atoms with Gasteiger partial charge in [0.15, 0.2) is 0 Å². The van der Waals surface area contributed by atoms with E-state index in [4.69, 9.17) is 0 Å². The summed E-state index contributed by atoms with van der Waals surface area (Å²) < 4.78 is 0. The van der Waals surface area contributed by atoms with E-state index in [9.17, 15) is 14.9 Å². The number of nitrogens with one attached hydrogen (secondary N) is 1. The third kappa shape index (κ3) is 5.30. The molecule has 0 aromatic heterocycles. The van der Waals surface area contributed by atoms with Gasteiger partial charge in [-0.2, -0.15) is 0 Å². The van der Waals surface area contributed by atoms with Gasteiger partial charge in [-0.15, -0.1) is 11.8 Å². The van der Waals surface area contributed by atoms with Crippen molar-refractivity contribution in [1.82, 2.24) is 4.90 Å². The first-order valence-electron chi connectivity index (χ1n) is 7.79. The van der Waals surface area contributed by atoms with Gasteiger partial charge in [-0.3, -0.25) is 19.8 Å². The van der Waals surface area contributed by atoms with Crippen LogP contribution < -0.4 is 5.32 Å². The predicted octanol–water partition coefficient (Wildman–Crippen LogP) is 3.78. The van der Waals surface area contributed by atoms with Gasteiger partial charge in [0.05, 0.1) is 11.0 Å². The number of hydrogen-bond acceptors (Lipinski definition) is 5. The molecule has 0 fully saturated rings. The van der Waals surface area contributed by atoms with E-state index in [0.717, 1.165) is 5.56 Å². The van der Waals surface area contributed by atoms with Crippen LogP contribution in [0.2, 0.25) is 0 Å². The normalized spacial score (nSPS) is 12.0. The number of likely N-dealkylation sites (N-methyl/N-ethyl adjacent to an activating group) is 1. The smallest absolute Gasteiger partial charge is 0.271 e. The highest BCUT2D eigenvalue weighted by Gasteiger charge is 2.19. The molecule has 6 nitrogen and oxygen atoms in total. The van der Waals surface area contributed by atoms with E-state index >= 15 is 0 Å². The van der Waals surface area contributed by atoms with Crippen molar-refractivity contribution in [2.75, 3.05) is 18.6 Å². The van der Waals surface area contributed by atoms with Crippen molar-refractivity contribution in [3.8, 4) is 0 Å². The van der Waals surface area contributed by atoms with Gasteiger partial charge in [0.1, 0.15) is 0 Å². The van der Waals surface area contributed by atoms with E-state index in [-0.39, 0.29) is 17.6 Å². The molecule has 0 aliphatic carbocycles. The van der Waals surface area contributed by atoms with Crippen molar-refractivity contribution in [2.24, 2.45) is 0 Å². The SMILES string of the molecule is CSc1ccc(CN(C)C(C)C(=O)Nc2cccc([N+](=O)[O-])c2)cc1. The molecule has 2 aromatic rings. The second kappa shape index (κ2) is 8.64. The number of benzene rings is 2. The lowest BCUT2D eigenvalue weighted by Gasteiger charge is -2.24. The second-order valence-corrected chi connectivity index (χ2v) is 6.62. The van der Waals surface area contributed by atoms with Gasteiger partial charge < -0.3 is 5.32 Å². The maximum absolute atomic E-state index is 12.4. The van der Waals surface area contributed by atoms with E-state index in [0.29, 0.717) is 12.2 Å². The molecular formula is C18H21N3O3S. The number of amides is 1. The molecule has 0 spiro atoms. The Morgan fingerprint density at radius 2 is 1.96 bits per heavy atom. The monoisotopic (exact) mass is 359 g/mol. The molecule has 0 saturated carbocycles. The molecule has 1 amide bonds. The summed E-state index contributed by atoms with van der Waals surface area (Å²) in [5.41, 5.74) is 1.49. The molecule has 25 heavy (non-hydrogen) atoms. The topological polar surface area (TPSA) is 75.5 Å². The molecule has 0 radical (unpaired) electrons. The molecule has 0 bridgehead atoms. The standard InChI is InChI=1S/C18H21N3O3S/c1-13(20(2)12-14-7-9-17(25-3)10-8-14)18(22)19-15-5-4-6-16(11-15)21(23)24/h4-11,13H,12H2,1-3H3,(H,19,22). The zero-order chi connectivity index (χ0) is 18.4. The highest BCUT2D eigenvalue weighted by atomic mass is 32.2. The Labute approximate surface area is 151 Å².